The fraction of sp³-hybridized carbons (Fsp3) is 0.889. The topological polar surface area (TPSA) is 18.8 Å². The van der Waals surface area contributed by atoms with E-state index in [2.05, 4.69) is 37.7 Å². The van der Waals surface area contributed by atoms with E-state index in [1.54, 1.807) is 0 Å². The van der Waals surface area contributed by atoms with Gasteiger partial charge in [-0.1, -0.05) is 18.5 Å². The van der Waals surface area contributed by atoms with Gasteiger partial charge in [-0.25, -0.2) is 0 Å². The molecule has 0 aromatic carbocycles. The third-order valence-corrected chi connectivity index (χ3v) is 2.46. The Labute approximate surface area is 85.3 Å². The molecule has 0 N–H and O–H groups in total. The van der Waals surface area contributed by atoms with Gasteiger partial charge in [0.05, 0.1) is 0 Å². The number of hydrazone groups is 1. The fourth-order valence-electron chi connectivity index (χ4n) is 1.26. The van der Waals surface area contributed by atoms with Gasteiger partial charge in [-0.2, -0.15) is 5.10 Å². The Morgan fingerprint density at radius 2 is 2.08 bits per heavy atom. The van der Waals surface area contributed by atoms with Gasteiger partial charge in [0.1, 0.15) is 6.34 Å². The normalized spacial score (nSPS) is 23.0. The summed E-state index contributed by atoms with van der Waals surface area (Å²) in [6.45, 7) is 9.42. The number of hydrogen-bond acceptors (Lipinski definition) is 3. The van der Waals surface area contributed by atoms with Crippen LogP contribution in [-0.2, 0) is 0 Å². The second-order valence-electron chi connectivity index (χ2n) is 4.28. The van der Waals surface area contributed by atoms with Crippen molar-refractivity contribution in [2.24, 2.45) is 5.10 Å². The van der Waals surface area contributed by atoms with Gasteiger partial charge in [-0.3, -0.25) is 5.01 Å². The average Bonchev–Trinajstić information content (AvgIpc) is 2.32. The van der Waals surface area contributed by atoms with E-state index in [4.69, 9.17) is 11.6 Å². The van der Waals surface area contributed by atoms with Crippen molar-refractivity contribution >= 4 is 17.9 Å². The zero-order valence-electron chi connectivity index (χ0n) is 8.79. The van der Waals surface area contributed by atoms with E-state index < -0.39 is 0 Å². The first-order valence-corrected chi connectivity index (χ1v) is 5.13. The molecule has 0 spiro atoms. The summed E-state index contributed by atoms with van der Waals surface area (Å²) in [5.41, 5.74) is -0.0850. The van der Waals surface area contributed by atoms with Crippen LogP contribution in [-0.4, -0.2) is 34.0 Å². The molecule has 0 aliphatic carbocycles. The largest absolute Gasteiger partial charge is 0.322 e. The zero-order valence-corrected chi connectivity index (χ0v) is 9.54. The van der Waals surface area contributed by atoms with Crippen molar-refractivity contribution in [3.05, 3.63) is 0 Å². The summed E-state index contributed by atoms with van der Waals surface area (Å²) in [4.78, 5) is 2.06. The van der Waals surface area contributed by atoms with Gasteiger partial charge in [0.2, 0.25) is 0 Å². The smallest absolute Gasteiger partial charge is 0.196 e. The van der Waals surface area contributed by atoms with E-state index in [0.717, 1.165) is 13.0 Å². The van der Waals surface area contributed by atoms with Gasteiger partial charge in [0.25, 0.3) is 0 Å². The lowest BCUT2D eigenvalue weighted by Gasteiger charge is -2.35. The van der Waals surface area contributed by atoms with Gasteiger partial charge >= 0.3 is 0 Å². The number of halogens is 1. The maximum Gasteiger partial charge on any atom is 0.196 e. The van der Waals surface area contributed by atoms with Gasteiger partial charge in [0, 0.05) is 12.1 Å². The van der Waals surface area contributed by atoms with E-state index in [0.29, 0.717) is 0 Å². The highest BCUT2D eigenvalue weighted by molar-refractivity contribution is 6.21. The molecule has 1 aliphatic rings. The molecule has 0 aromatic rings. The summed E-state index contributed by atoms with van der Waals surface area (Å²) >= 11 is 6.23. The van der Waals surface area contributed by atoms with E-state index in [-0.39, 0.29) is 11.2 Å². The summed E-state index contributed by atoms with van der Waals surface area (Å²) in [6, 6.07) is 0. The van der Waals surface area contributed by atoms with Gasteiger partial charge in [0.15, 0.2) is 5.62 Å². The van der Waals surface area contributed by atoms with E-state index in [1.165, 1.54) is 0 Å². The number of nitrogens with zero attached hydrogens (tertiary/aromatic N) is 3. The molecule has 0 amide bonds. The van der Waals surface area contributed by atoms with Gasteiger partial charge < -0.3 is 4.90 Å². The van der Waals surface area contributed by atoms with Gasteiger partial charge in [-0.05, 0) is 27.2 Å². The maximum atomic E-state index is 6.23. The van der Waals surface area contributed by atoms with Gasteiger partial charge in [-0.15, -0.1) is 0 Å². The Morgan fingerprint density at radius 3 is 2.46 bits per heavy atom. The molecule has 4 heteroatoms. The van der Waals surface area contributed by atoms with Crippen LogP contribution in [0.15, 0.2) is 5.10 Å². The molecule has 1 aliphatic heterocycles. The molecule has 3 nitrogen and oxygen atoms in total. The van der Waals surface area contributed by atoms with Crippen LogP contribution in [0.2, 0.25) is 0 Å². The predicted molar refractivity (Wildman–Crippen MR) is 56.7 cm³/mol. The van der Waals surface area contributed by atoms with Crippen molar-refractivity contribution in [2.75, 3.05) is 6.54 Å². The summed E-state index contributed by atoms with van der Waals surface area (Å²) in [7, 11) is 0. The molecule has 76 valence electrons. The Hall–Kier alpha value is -0.440. The molecule has 0 saturated carbocycles. The van der Waals surface area contributed by atoms with Crippen LogP contribution in [0.1, 0.15) is 34.1 Å². The number of hydrogen-bond donors (Lipinski definition) is 0. The van der Waals surface area contributed by atoms with Crippen LogP contribution in [0.25, 0.3) is 0 Å². The van der Waals surface area contributed by atoms with E-state index >= 15 is 0 Å². The van der Waals surface area contributed by atoms with Crippen LogP contribution >= 0.6 is 11.6 Å². The molecule has 13 heavy (non-hydrogen) atoms. The molecular formula is C9H18ClN3. The molecule has 0 aromatic heterocycles. The first-order chi connectivity index (χ1) is 5.96. The quantitative estimate of drug-likeness (QED) is 0.507. The maximum absolute atomic E-state index is 6.23. The Balaban J connectivity index is 2.61. The summed E-state index contributed by atoms with van der Waals surface area (Å²) in [5.74, 6) is 0. The molecule has 0 fully saturated rings. The highest BCUT2D eigenvalue weighted by Gasteiger charge is 2.32. The minimum absolute atomic E-state index is 0.0401. The third kappa shape index (κ3) is 2.27. The molecule has 0 saturated heterocycles. The Bertz CT molecular complexity index is 198. The predicted octanol–water partition coefficient (Wildman–Crippen LogP) is 2.28. The SMILES string of the molecule is CCCN1N=CN(C(C)(C)C)C1Cl. The molecular weight excluding hydrogens is 186 g/mol. The first-order valence-electron chi connectivity index (χ1n) is 4.70. The standard InChI is InChI=1S/C9H18ClN3/c1-5-6-13-8(10)12(7-11-13)9(2,3)4/h7-8H,5-6H2,1-4H3. The Kier molecular flexibility index (Phi) is 3.06. The summed E-state index contributed by atoms with van der Waals surface area (Å²) in [6.07, 6.45) is 2.89. The number of alkyl halides is 1. The van der Waals surface area contributed by atoms with Crippen LogP contribution in [0, 0.1) is 0 Å². The molecule has 1 heterocycles. The molecule has 1 unspecified atom stereocenters. The second-order valence-corrected chi connectivity index (χ2v) is 4.67. The summed E-state index contributed by atoms with van der Waals surface area (Å²) < 4.78 is 0. The minimum atomic E-state index is -0.125. The van der Waals surface area contributed by atoms with E-state index in [9.17, 15) is 0 Å². The van der Waals surface area contributed by atoms with Crippen molar-refractivity contribution in [3.63, 3.8) is 0 Å². The van der Waals surface area contributed by atoms with Crippen molar-refractivity contribution in [3.8, 4) is 0 Å². The van der Waals surface area contributed by atoms with E-state index in [1.807, 2.05) is 11.3 Å². The lowest BCUT2D eigenvalue weighted by atomic mass is 10.1. The van der Waals surface area contributed by atoms with Crippen LogP contribution in [0.4, 0.5) is 0 Å². The summed E-state index contributed by atoms with van der Waals surface area (Å²) in [5, 5.41) is 6.17. The Morgan fingerprint density at radius 1 is 1.46 bits per heavy atom. The van der Waals surface area contributed by atoms with Crippen LogP contribution in [0.3, 0.4) is 0 Å². The zero-order chi connectivity index (χ0) is 10.1. The van der Waals surface area contributed by atoms with Crippen molar-refractivity contribution in [1.82, 2.24) is 9.91 Å². The molecule has 1 atom stereocenters. The molecule has 1 rings (SSSR count). The minimum Gasteiger partial charge on any atom is -0.322 e. The van der Waals surface area contributed by atoms with Crippen molar-refractivity contribution < 1.29 is 0 Å². The van der Waals surface area contributed by atoms with Crippen molar-refractivity contribution in [2.45, 2.75) is 45.3 Å². The molecule has 0 bridgehead atoms. The first kappa shape index (κ1) is 10.6. The fourth-order valence-corrected chi connectivity index (χ4v) is 1.75. The lowest BCUT2D eigenvalue weighted by Crippen LogP contribution is -2.46. The second kappa shape index (κ2) is 3.74. The number of rotatable bonds is 2. The monoisotopic (exact) mass is 203 g/mol. The lowest BCUT2D eigenvalue weighted by molar-refractivity contribution is 0.133. The van der Waals surface area contributed by atoms with Crippen LogP contribution < -0.4 is 0 Å². The highest BCUT2D eigenvalue weighted by atomic mass is 35.5. The van der Waals surface area contributed by atoms with Crippen LogP contribution in [0.5, 0.6) is 0 Å². The van der Waals surface area contributed by atoms with Crippen molar-refractivity contribution in [1.29, 1.82) is 0 Å². The molecule has 0 radical (unpaired) electrons. The third-order valence-electron chi connectivity index (χ3n) is 2.03. The average molecular weight is 204 g/mol. The highest BCUT2D eigenvalue weighted by Crippen LogP contribution is 2.24.